The highest BCUT2D eigenvalue weighted by atomic mass is 16.3. The average Bonchev–Trinajstić information content (AvgIpc) is 2.17. The summed E-state index contributed by atoms with van der Waals surface area (Å²) in [5.41, 5.74) is 0.272. The molecule has 1 heterocycles. The molecule has 0 aliphatic carbocycles. The van der Waals surface area contributed by atoms with Crippen molar-refractivity contribution in [3.63, 3.8) is 0 Å². The van der Waals surface area contributed by atoms with Crippen LogP contribution in [0.5, 0.6) is 0 Å². The third kappa shape index (κ3) is 1.59. The molecule has 0 amide bonds. The lowest BCUT2D eigenvalue weighted by Crippen LogP contribution is -2.39. The SMILES string of the molecule is C/C=c1/occ(C=O)c(=O)/c1=C/C. The molecule has 0 fully saturated rings. The van der Waals surface area contributed by atoms with Gasteiger partial charge in [0.1, 0.15) is 11.7 Å². The molecule has 0 aliphatic heterocycles. The van der Waals surface area contributed by atoms with Crippen LogP contribution in [0, 0.1) is 0 Å². The van der Waals surface area contributed by atoms with E-state index >= 15 is 0 Å². The van der Waals surface area contributed by atoms with Crippen LogP contribution in [-0.4, -0.2) is 6.29 Å². The summed E-state index contributed by atoms with van der Waals surface area (Å²) in [7, 11) is 0. The van der Waals surface area contributed by atoms with Gasteiger partial charge in [-0.2, -0.15) is 0 Å². The fourth-order valence-corrected chi connectivity index (χ4v) is 1.09. The van der Waals surface area contributed by atoms with Gasteiger partial charge in [0, 0.05) is 0 Å². The molecule has 3 heteroatoms. The predicted octanol–water partition coefficient (Wildman–Crippen LogP) is 0.0531. The molecule has 68 valence electrons. The van der Waals surface area contributed by atoms with Gasteiger partial charge in [-0.05, 0) is 19.9 Å². The molecule has 0 saturated carbocycles. The van der Waals surface area contributed by atoms with Crippen LogP contribution < -0.4 is 16.1 Å². The number of carbonyl (C=O) groups is 1. The van der Waals surface area contributed by atoms with Gasteiger partial charge >= 0.3 is 0 Å². The normalized spacial score (nSPS) is 13.4. The highest BCUT2D eigenvalue weighted by Crippen LogP contribution is 1.78. The van der Waals surface area contributed by atoms with Crippen LogP contribution >= 0.6 is 0 Å². The van der Waals surface area contributed by atoms with Crippen molar-refractivity contribution in [1.82, 2.24) is 0 Å². The maximum absolute atomic E-state index is 11.5. The second-order valence-corrected chi connectivity index (χ2v) is 2.49. The largest absolute Gasteiger partial charge is 0.464 e. The smallest absolute Gasteiger partial charge is 0.202 e. The van der Waals surface area contributed by atoms with Crippen molar-refractivity contribution in [2.45, 2.75) is 13.8 Å². The van der Waals surface area contributed by atoms with E-state index in [4.69, 9.17) is 4.42 Å². The Kier molecular flexibility index (Phi) is 2.80. The lowest BCUT2D eigenvalue weighted by molar-refractivity contribution is 0.112. The van der Waals surface area contributed by atoms with E-state index in [1.165, 1.54) is 6.26 Å². The number of carbonyl (C=O) groups excluding carboxylic acids is 1. The van der Waals surface area contributed by atoms with Crippen molar-refractivity contribution in [2.24, 2.45) is 0 Å². The van der Waals surface area contributed by atoms with Crippen LogP contribution in [0.1, 0.15) is 24.2 Å². The Hall–Kier alpha value is -1.64. The summed E-state index contributed by atoms with van der Waals surface area (Å²) in [6.45, 7) is 3.50. The van der Waals surface area contributed by atoms with E-state index in [0.717, 1.165) is 0 Å². The van der Waals surface area contributed by atoms with Gasteiger partial charge in [-0.15, -0.1) is 0 Å². The summed E-state index contributed by atoms with van der Waals surface area (Å²) in [5, 5.41) is 0.437. The summed E-state index contributed by atoms with van der Waals surface area (Å²) in [6, 6.07) is 0. The number of hydrogen-bond acceptors (Lipinski definition) is 3. The molecule has 0 radical (unpaired) electrons. The van der Waals surface area contributed by atoms with Crippen molar-refractivity contribution in [2.75, 3.05) is 0 Å². The van der Waals surface area contributed by atoms with E-state index in [0.29, 0.717) is 16.9 Å². The topological polar surface area (TPSA) is 47.3 Å². The maximum Gasteiger partial charge on any atom is 0.202 e. The molecule has 0 aromatic carbocycles. The van der Waals surface area contributed by atoms with Gasteiger partial charge in [-0.1, -0.05) is 6.08 Å². The highest BCUT2D eigenvalue weighted by molar-refractivity contribution is 5.73. The first-order chi connectivity index (χ1) is 6.24. The van der Waals surface area contributed by atoms with Gasteiger partial charge in [0.2, 0.25) is 5.43 Å². The van der Waals surface area contributed by atoms with E-state index in [2.05, 4.69) is 0 Å². The average molecular weight is 178 g/mol. The van der Waals surface area contributed by atoms with Crippen molar-refractivity contribution < 1.29 is 9.21 Å². The minimum absolute atomic E-state index is 0.0544. The second kappa shape index (κ2) is 3.85. The van der Waals surface area contributed by atoms with Gasteiger partial charge in [0.05, 0.1) is 10.8 Å². The highest BCUT2D eigenvalue weighted by Gasteiger charge is 2.00. The standard InChI is InChI=1S/C10H10O3/c1-3-8-9(4-2)13-6-7(5-11)10(8)12/h3-6H,1-2H3/b8-3+,9-4+. The molecule has 3 nitrogen and oxygen atoms in total. The quantitative estimate of drug-likeness (QED) is 0.571. The first-order valence-corrected chi connectivity index (χ1v) is 3.94. The molecule has 0 aliphatic rings. The monoisotopic (exact) mass is 178 g/mol. The molecule has 1 rings (SSSR count). The zero-order valence-electron chi connectivity index (χ0n) is 7.53. The zero-order chi connectivity index (χ0) is 9.84. The molecular weight excluding hydrogens is 168 g/mol. The van der Waals surface area contributed by atoms with Crippen molar-refractivity contribution in [1.29, 1.82) is 0 Å². The van der Waals surface area contributed by atoms with Gasteiger partial charge in [-0.25, -0.2) is 0 Å². The zero-order valence-corrected chi connectivity index (χ0v) is 7.53. The summed E-state index contributed by atoms with van der Waals surface area (Å²) in [5.74, 6) is 0. The molecular formula is C10H10O3. The van der Waals surface area contributed by atoms with Crippen LogP contribution in [-0.2, 0) is 0 Å². The van der Waals surface area contributed by atoms with Crippen molar-refractivity contribution in [3.8, 4) is 0 Å². The summed E-state index contributed by atoms with van der Waals surface area (Å²) in [4.78, 5) is 21.9. The lowest BCUT2D eigenvalue weighted by atomic mass is 10.2. The second-order valence-electron chi connectivity index (χ2n) is 2.49. The Bertz CT molecular complexity index is 480. The maximum atomic E-state index is 11.5. The predicted molar refractivity (Wildman–Crippen MR) is 49.9 cm³/mol. The number of aldehydes is 1. The molecule has 0 atom stereocenters. The van der Waals surface area contributed by atoms with Gasteiger partial charge in [0.15, 0.2) is 6.29 Å². The minimum atomic E-state index is -0.281. The summed E-state index contributed by atoms with van der Waals surface area (Å²) >= 11 is 0. The van der Waals surface area contributed by atoms with Crippen LogP contribution in [0.15, 0.2) is 15.5 Å². The third-order valence-corrected chi connectivity index (χ3v) is 1.76. The Balaban J connectivity index is 3.83. The molecule has 1 aromatic rings. The first kappa shape index (κ1) is 9.45. The Labute approximate surface area is 75.0 Å². The summed E-state index contributed by atoms with van der Waals surface area (Å²) < 4.78 is 5.08. The van der Waals surface area contributed by atoms with E-state index in [-0.39, 0.29) is 11.0 Å². The summed E-state index contributed by atoms with van der Waals surface area (Å²) in [6.07, 6.45) is 5.00. The van der Waals surface area contributed by atoms with E-state index in [1.54, 1.807) is 26.0 Å². The number of rotatable bonds is 1. The molecule has 0 unspecified atom stereocenters. The molecule has 13 heavy (non-hydrogen) atoms. The fourth-order valence-electron chi connectivity index (χ4n) is 1.09. The first-order valence-electron chi connectivity index (χ1n) is 3.94. The molecule has 0 saturated heterocycles. The van der Waals surface area contributed by atoms with Crippen LogP contribution in [0.4, 0.5) is 0 Å². The fraction of sp³-hybridized carbons (Fsp3) is 0.200. The Morgan fingerprint density at radius 2 is 2.00 bits per heavy atom. The third-order valence-electron chi connectivity index (χ3n) is 1.76. The minimum Gasteiger partial charge on any atom is -0.464 e. The Morgan fingerprint density at radius 3 is 2.46 bits per heavy atom. The lowest BCUT2D eigenvalue weighted by Gasteiger charge is -1.90. The van der Waals surface area contributed by atoms with Crippen LogP contribution in [0.25, 0.3) is 12.2 Å². The molecule has 0 spiro atoms. The van der Waals surface area contributed by atoms with Crippen molar-refractivity contribution >= 4 is 18.4 Å². The molecule has 0 bridgehead atoms. The van der Waals surface area contributed by atoms with E-state index < -0.39 is 0 Å². The van der Waals surface area contributed by atoms with Crippen LogP contribution in [0.2, 0.25) is 0 Å². The van der Waals surface area contributed by atoms with Crippen molar-refractivity contribution in [3.05, 3.63) is 32.7 Å². The Morgan fingerprint density at radius 1 is 1.31 bits per heavy atom. The van der Waals surface area contributed by atoms with E-state index in [9.17, 15) is 9.59 Å². The molecule has 1 aromatic heterocycles. The van der Waals surface area contributed by atoms with E-state index in [1.807, 2.05) is 0 Å². The number of hydrogen-bond donors (Lipinski definition) is 0. The van der Waals surface area contributed by atoms with Gasteiger partial charge in [0.25, 0.3) is 0 Å². The molecule has 0 N–H and O–H groups in total. The van der Waals surface area contributed by atoms with Crippen LogP contribution in [0.3, 0.4) is 0 Å². The van der Waals surface area contributed by atoms with Gasteiger partial charge in [-0.3, -0.25) is 9.59 Å². The van der Waals surface area contributed by atoms with Gasteiger partial charge < -0.3 is 4.42 Å².